The van der Waals surface area contributed by atoms with Crippen molar-refractivity contribution in [1.82, 2.24) is 4.72 Å². The average molecular weight is 296 g/mol. The van der Waals surface area contributed by atoms with Crippen molar-refractivity contribution in [2.24, 2.45) is 0 Å². The number of halogens is 2. The third-order valence-corrected chi connectivity index (χ3v) is 3.94. The van der Waals surface area contributed by atoms with Crippen LogP contribution >= 0.6 is 11.6 Å². The van der Waals surface area contributed by atoms with Crippen molar-refractivity contribution in [3.8, 4) is 0 Å². The molecule has 0 spiro atoms. The van der Waals surface area contributed by atoms with E-state index in [0.29, 0.717) is 0 Å². The Morgan fingerprint density at radius 1 is 1.56 bits per heavy atom. The lowest BCUT2D eigenvalue weighted by atomic mass is 10.3. The monoisotopic (exact) mass is 295 g/mol. The molecule has 0 amide bonds. The SMILES string of the molecule is C[C@@H](CC(=O)O)NS(=O)(=O)c1cccc(Cl)c1F. The van der Waals surface area contributed by atoms with Crippen LogP contribution in [-0.4, -0.2) is 25.5 Å². The molecule has 1 aromatic rings. The molecule has 0 heterocycles. The summed E-state index contributed by atoms with van der Waals surface area (Å²) in [5.74, 6) is -2.22. The highest BCUT2D eigenvalue weighted by atomic mass is 35.5. The minimum Gasteiger partial charge on any atom is -0.481 e. The molecule has 0 aliphatic carbocycles. The molecule has 0 saturated heterocycles. The highest BCUT2D eigenvalue weighted by Gasteiger charge is 2.23. The maximum atomic E-state index is 13.5. The minimum absolute atomic E-state index is 0.316. The number of hydrogen-bond donors (Lipinski definition) is 2. The number of rotatable bonds is 5. The van der Waals surface area contributed by atoms with E-state index in [2.05, 4.69) is 4.72 Å². The number of carboxylic acid groups (broad SMARTS) is 1. The van der Waals surface area contributed by atoms with E-state index < -0.39 is 39.2 Å². The maximum Gasteiger partial charge on any atom is 0.304 e. The molecule has 0 aliphatic rings. The zero-order valence-corrected chi connectivity index (χ0v) is 10.9. The first-order chi connectivity index (χ1) is 8.24. The molecule has 8 heteroatoms. The van der Waals surface area contributed by atoms with Gasteiger partial charge in [0.2, 0.25) is 10.0 Å². The average Bonchev–Trinajstić information content (AvgIpc) is 2.19. The van der Waals surface area contributed by atoms with Crippen LogP contribution in [-0.2, 0) is 14.8 Å². The largest absolute Gasteiger partial charge is 0.481 e. The summed E-state index contributed by atoms with van der Waals surface area (Å²) < 4.78 is 39.2. The zero-order valence-electron chi connectivity index (χ0n) is 9.35. The lowest BCUT2D eigenvalue weighted by molar-refractivity contribution is -0.137. The first-order valence-corrected chi connectivity index (χ1v) is 6.78. The molecule has 0 fully saturated rings. The van der Waals surface area contributed by atoms with Crippen LogP contribution in [0.15, 0.2) is 23.1 Å². The molecule has 0 unspecified atom stereocenters. The van der Waals surface area contributed by atoms with Crippen LogP contribution in [0.25, 0.3) is 0 Å². The molecule has 18 heavy (non-hydrogen) atoms. The first kappa shape index (κ1) is 14.9. The van der Waals surface area contributed by atoms with Gasteiger partial charge in [0.15, 0.2) is 5.82 Å². The van der Waals surface area contributed by atoms with Crippen LogP contribution < -0.4 is 4.72 Å². The molecular formula is C10H11ClFNO4S. The number of nitrogens with one attached hydrogen (secondary N) is 1. The van der Waals surface area contributed by atoms with Crippen LogP contribution in [0, 0.1) is 5.82 Å². The fourth-order valence-electron chi connectivity index (χ4n) is 1.32. The van der Waals surface area contributed by atoms with E-state index >= 15 is 0 Å². The summed E-state index contributed by atoms with van der Waals surface area (Å²) in [4.78, 5) is 9.82. The van der Waals surface area contributed by atoms with Crippen molar-refractivity contribution in [3.63, 3.8) is 0 Å². The summed E-state index contributed by atoms with van der Waals surface area (Å²) in [6.45, 7) is 1.37. The van der Waals surface area contributed by atoms with E-state index in [4.69, 9.17) is 16.7 Å². The van der Waals surface area contributed by atoms with Crippen molar-refractivity contribution in [3.05, 3.63) is 29.0 Å². The van der Waals surface area contributed by atoms with Gasteiger partial charge in [-0.15, -0.1) is 0 Å². The Morgan fingerprint density at radius 2 is 2.17 bits per heavy atom. The standard InChI is InChI=1S/C10H11ClFNO4S/c1-6(5-9(14)15)13-18(16,17)8-4-2-3-7(11)10(8)12/h2-4,6,13H,5H2,1H3,(H,14,15)/t6-/m0/s1. The molecule has 1 rings (SSSR count). The van der Waals surface area contributed by atoms with E-state index in [9.17, 15) is 17.6 Å². The number of benzene rings is 1. The normalized spacial score (nSPS) is 13.3. The topological polar surface area (TPSA) is 83.5 Å². The maximum absolute atomic E-state index is 13.5. The van der Waals surface area contributed by atoms with E-state index in [0.717, 1.165) is 6.07 Å². The molecule has 0 radical (unpaired) electrons. The van der Waals surface area contributed by atoms with Gasteiger partial charge in [-0.05, 0) is 19.1 Å². The second kappa shape index (κ2) is 5.64. The van der Waals surface area contributed by atoms with E-state index in [1.807, 2.05) is 0 Å². The summed E-state index contributed by atoms with van der Waals surface area (Å²) >= 11 is 5.48. The highest BCUT2D eigenvalue weighted by Crippen LogP contribution is 2.21. The number of carbonyl (C=O) groups is 1. The Hall–Kier alpha value is -1.18. The van der Waals surface area contributed by atoms with Gasteiger partial charge in [-0.2, -0.15) is 0 Å². The van der Waals surface area contributed by atoms with Gasteiger partial charge in [-0.1, -0.05) is 17.7 Å². The summed E-state index contributed by atoms with van der Waals surface area (Å²) in [6.07, 6.45) is -0.401. The molecule has 1 aromatic carbocycles. The van der Waals surface area contributed by atoms with Gasteiger partial charge in [-0.25, -0.2) is 17.5 Å². The molecule has 2 N–H and O–H groups in total. The number of hydrogen-bond acceptors (Lipinski definition) is 3. The predicted octanol–water partition coefficient (Wildman–Crippen LogP) is 1.62. The smallest absolute Gasteiger partial charge is 0.304 e. The molecule has 100 valence electrons. The van der Waals surface area contributed by atoms with Crippen molar-refractivity contribution in [1.29, 1.82) is 0 Å². The van der Waals surface area contributed by atoms with Gasteiger partial charge in [-0.3, -0.25) is 4.79 Å². The van der Waals surface area contributed by atoms with Crippen molar-refractivity contribution in [2.45, 2.75) is 24.3 Å². The minimum atomic E-state index is -4.13. The highest BCUT2D eigenvalue weighted by molar-refractivity contribution is 7.89. The molecule has 0 saturated carbocycles. The summed E-state index contributed by atoms with van der Waals surface area (Å²) in [5, 5.41) is 8.20. The van der Waals surface area contributed by atoms with Crippen molar-refractivity contribution < 1.29 is 22.7 Å². The number of aliphatic carboxylic acids is 1. The fraction of sp³-hybridized carbons (Fsp3) is 0.300. The van der Waals surface area contributed by atoms with Crippen molar-refractivity contribution >= 4 is 27.6 Å². The van der Waals surface area contributed by atoms with Crippen LogP contribution in [0.5, 0.6) is 0 Å². The van der Waals surface area contributed by atoms with Crippen LogP contribution in [0.2, 0.25) is 5.02 Å². The quantitative estimate of drug-likeness (QED) is 0.864. The van der Waals surface area contributed by atoms with Crippen LogP contribution in [0.3, 0.4) is 0 Å². The Morgan fingerprint density at radius 3 is 2.72 bits per heavy atom. The van der Waals surface area contributed by atoms with Gasteiger partial charge in [0.1, 0.15) is 4.90 Å². The predicted molar refractivity (Wildman–Crippen MR) is 63.4 cm³/mol. The van der Waals surface area contributed by atoms with E-state index in [1.54, 1.807) is 0 Å². The molecule has 0 bridgehead atoms. The van der Waals surface area contributed by atoms with Crippen LogP contribution in [0.4, 0.5) is 4.39 Å². The van der Waals surface area contributed by atoms with Gasteiger partial charge >= 0.3 is 5.97 Å². The second-order valence-corrected chi connectivity index (χ2v) is 5.76. The molecule has 0 aromatic heterocycles. The fourth-order valence-corrected chi connectivity index (χ4v) is 2.90. The van der Waals surface area contributed by atoms with Gasteiger partial charge in [0.25, 0.3) is 0 Å². The number of carboxylic acids is 1. The summed E-state index contributed by atoms with van der Waals surface area (Å²) in [7, 11) is -4.13. The first-order valence-electron chi connectivity index (χ1n) is 4.92. The molecule has 1 atom stereocenters. The number of sulfonamides is 1. The van der Waals surface area contributed by atoms with E-state index in [-0.39, 0.29) is 5.02 Å². The summed E-state index contributed by atoms with van der Waals surface area (Å²) in [5.41, 5.74) is 0. The zero-order chi connectivity index (χ0) is 13.9. The van der Waals surface area contributed by atoms with Gasteiger partial charge in [0, 0.05) is 6.04 Å². The Kier molecular flexibility index (Phi) is 4.66. The third-order valence-electron chi connectivity index (χ3n) is 2.04. The molecule has 0 aliphatic heterocycles. The lowest BCUT2D eigenvalue weighted by Gasteiger charge is -2.12. The summed E-state index contributed by atoms with van der Waals surface area (Å²) in [6, 6.07) is 2.71. The Bertz CT molecular complexity index is 561. The van der Waals surface area contributed by atoms with Crippen molar-refractivity contribution in [2.75, 3.05) is 0 Å². The third kappa shape index (κ3) is 3.66. The Balaban J connectivity index is 3.00. The van der Waals surface area contributed by atoms with E-state index in [1.165, 1.54) is 19.1 Å². The van der Waals surface area contributed by atoms with Crippen LogP contribution in [0.1, 0.15) is 13.3 Å². The molecule has 5 nitrogen and oxygen atoms in total. The Labute approximate surface area is 109 Å². The molecular weight excluding hydrogens is 285 g/mol. The van der Waals surface area contributed by atoms with Gasteiger partial charge in [0.05, 0.1) is 11.4 Å². The second-order valence-electron chi connectivity index (χ2n) is 3.67. The lowest BCUT2D eigenvalue weighted by Crippen LogP contribution is -2.34. The van der Waals surface area contributed by atoms with Gasteiger partial charge < -0.3 is 5.11 Å².